The molecule has 2 heterocycles. The first-order valence-corrected chi connectivity index (χ1v) is 4.77. The van der Waals surface area contributed by atoms with E-state index >= 15 is 0 Å². The number of hydrogen-bond donors (Lipinski definition) is 1. The van der Waals surface area contributed by atoms with Gasteiger partial charge in [-0.05, 0) is 12.1 Å². The van der Waals surface area contributed by atoms with Crippen LogP contribution in [0.4, 0.5) is 5.69 Å². The molecule has 1 aromatic carbocycles. The summed E-state index contributed by atoms with van der Waals surface area (Å²) in [7, 11) is 0. The van der Waals surface area contributed by atoms with Gasteiger partial charge in [0.15, 0.2) is 5.70 Å². The highest BCUT2D eigenvalue weighted by atomic mass is 16.7. The number of allylic oxidation sites excluding steroid dienone is 1. The summed E-state index contributed by atoms with van der Waals surface area (Å²) < 4.78 is 10.4. The number of carbonyl (C=O) groups is 1. The van der Waals surface area contributed by atoms with Gasteiger partial charge in [-0.15, -0.1) is 0 Å². The molecule has 76 valence electrons. The summed E-state index contributed by atoms with van der Waals surface area (Å²) in [5.74, 6) is 0.249. The Morgan fingerprint density at radius 3 is 2.60 bits per heavy atom. The molecule has 0 atom stereocenters. The summed E-state index contributed by atoms with van der Waals surface area (Å²) >= 11 is 0. The molecule has 0 aliphatic carbocycles. The van der Waals surface area contributed by atoms with E-state index in [1.165, 1.54) is 0 Å². The van der Waals surface area contributed by atoms with E-state index in [9.17, 15) is 4.79 Å². The first kappa shape index (κ1) is 8.35. The molecule has 0 spiro atoms. The molecule has 0 saturated carbocycles. The molecular weight excluding hydrogens is 194 g/mol. The summed E-state index contributed by atoms with van der Waals surface area (Å²) in [6.07, 6.45) is 0. The van der Waals surface area contributed by atoms with Gasteiger partial charge >= 0.3 is 5.95 Å². The van der Waals surface area contributed by atoms with Crippen molar-refractivity contribution < 1.29 is 14.3 Å². The van der Waals surface area contributed by atoms with Crippen LogP contribution < -0.4 is 5.32 Å². The molecule has 4 heteroatoms. The topological polar surface area (TPSA) is 47.6 Å². The van der Waals surface area contributed by atoms with E-state index in [1.807, 2.05) is 18.2 Å². The molecule has 1 N–H and O–H groups in total. The Morgan fingerprint density at radius 2 is 1.87 bits per heavy atom. The van der Waals surface area contributed by atoms with E-state index in [0.717, 1.165) is 5.69 Å². The zero-order valence-corrected chi connectivity index (χ0v) is 7.95. The number of para-hydroxylation sites is 1. The molecule has 0 unspecified atom stereocenters. The van der Waals surface area contributed by atoms with Gasteiger partial charge in [0.05, 0.1) is 5.69 Å². The maximum absolute atomic E-state index is 11.9. The molecule has 0 aromatic heterocycles. The maximum atomic E-state index is 11.9. The van der Waals surface area contributed by atoms with E-state index in [1.54, 1.807) is 6.07 Å². The number of hydrogen-bond acceptors (Lipinski definition) is 4. The van der Waals surface area contributed by atoms with Crippen LogP contribution in [0.1, 0.15) is 10.4 Å². The van der Waals surface area contributed by atoms with Gasteiger partial charge in [0.1, 0.15) is 13.2 Å². The highest BCUT2D eigenvalue weighted by molar-refractivity contribution is 6.18. The van der Waals surface area contributed by atoms with Gasteiger partial charge in [-0.25, -0.2) is 0 Å². The summed E-state index contributed by atoms with van der Waals surface area (Å²) in [6, 6.07) is 7.36. The summed E-state index contributed by atoms with van der Waals surface area (Å²) in [6.45, 7) is 1.01. The van der Waals surface area contributed by atoms with Crippen LogP contribution in [0.15, 0.2) is 35.9 Å². The molecule has 3 rings (SSSR count). The Bertz CT molecular complexity index is 457. The van der Waals surface area contributed by atoms with Gasteiger partial charge in [-0.2, -0.15) is 0 Å². The van der Waals surface area contributed by atoms with E-state index in [2.05, 4.69) is 5.32 Å². The maximum Gasteiger partial charge on any atom is 0.308 e. The van der Waals surface area contributed by atoms with Crippen molar-refractivity contribution in [1.29, 1.82) is 0 Å². The third-order valence-corrected chi connectivity index (χ3v) is 2.41. The fourth-order valence-corrected chi connectivity index (χ4v) is 1.71. The molecule has 1 aromatic rings. The fraction of sp³-hybridized carbons (Fsp3) is 0.182. The van der Waals surface area contributed by atoms with E-state index < -0.39 is 0 Å². The van der Waals surface area contributed by atoms with Crippen LogP contribution in [0.3, 0.4) is 0 Å². The first-order valence-electron chi connectivity index (χ1n) is 4.77. The molecule has 0 amide bonds. The molecule has 1 saturated heterocycles. The normalized spacial score (nSPS) is 18.3. The summed E-state index contributed by atoms with van der Waals surface area (Å²) in [5, 5.41) is 3.01. The van der Waals surface area contributed by atoms with Crippen LogP contribution in [0.2, 0.25) is 0 Å². The van der Waals surface area contributed by atoms with Crippen molar-refractivity contribution in [2.45, 2.75) is 0 Å². The van der Waals surface area contributed by atoms with Crippen molar-refractivity contribution in [3.8, 4) is 0 Å². The van der Waals surface area contributed by atoms with Crippen LogP contribution >= 0.6 is 0 Å². The van der Waals surface area contributed by atoms with Crippen LogP contribution in [-0.4, -0.2) is 19.0 Å². The van der Waals surface area contributed by atoms with Gasteiger partial charge in [-0.1, -0.05) is 12.1 Å². The quantitative estimate of drug-likeness (QED) is 0.649. The number of nitrogens with one attached hydrogen (secondary N) is 1. The minimum atomic E-state index is -0.0671. The Kier molecular flexibility index (Phi) is 1.68. The number of rotatable bonds is 0. The Hall–Kier alpha value is -1.97. The van der Waals surface area contributed by atoms with Crippen LogP contribution in [0.25, 0.3) is 0 Å². The van der Waals surface area contributed by atoms with E-state index in [-0.39, 0.29) is 5.78 Å². The predicted octanol–water partition coefficient (Wildman–Crippen LogP) is 1.51. The predicted molar refractivity (Wildman–Crippen MR) is 53.3 cm³/mol. The van der Waals surface area contributed by atoms with Crippen molar-refractivity contribution >= 4 is 11.5 Å². The van der Waals surface area contributed by atoms with Gasteiger partial charge in [0.25, 0.3) is 0 Å². The Morgan fingerprint density at radius 1 is 1.13 bits per heavy atom. The third-order valence-electron chi connectivity index (χ3n) is 2.41. The number of ether oxygens (including phenoxy) is 2. The Balaban J connectivity index is 2.06. The van der Waals surface area contributed by atoms with Gasteiger partial charge in [-0.3, -0.25) is 4.79 Å². The molecular formula is C11H9NO3. The van der Waals surface area contributed by atoms with E-state index in [4.69, 9.17) is 9.47 Å². The fourth-order valence-electron chi connectivity index (χ4n) is 1.71. The largest absolute Gasteiger partial charge is 0.460 e. The van der Waals surface area contributed by atoms with Crippen molar-refractivity contribution in [3.63, 3.8) is 0 Å². The summed E-state index contributed by atoms with van der Waals surface area (Å²) in [4.78, 5) is 11.9. The van der Waals surface area contributed by atoms with Crippen LogP contribution in [-0.2, 0) is 9.47 Å². The van der Waals surface area contributed by atoms with Crippen LogP contribution in [0, 0.1) is 0 Å². The first-order chi connectivity index (χ1) is 7.36. The molecule has 15 heavy (non-hydrogen) atoms. The third kappa shape index (κ3) is 1.18. The number of ketones is 1. The molecule has 2 aliphatic rings. The lowest BCUT2D eigenvalue weighted by Gasteiger charge is -2.01. The van der Waals surface area contributed by atoms with Gasteiger partial charge < -0.3 is 14.8 Å². The second-order valence-corrected chi connectivity index (χ2v) is 3.36. The summed E-state index contributed by atoms with van der Waals surface area (Å²) in [5.41, 5.74) is 1.89. The Labute approximate surface area is 86.5 Å². The lowest BCUT2D eigenvalue weighted by atomic mass is 10.1. The standard InChI is InChI=1S/C11H9NO3/c13-10-7-3-1-2-4-8(7)12-9(10)11-14-5-6-15-11/h1-4,12H,5-6H2. The van der Waals surface area contributed by atoms with Crippen molar-refractivity contribution in [1.82, 2.24) is 0 Å². The average Bonchev–Trinajstić information content (AvgIpc) is 2.87. The van der Waals surface area contributed by atoms with Gasteiger partial charge in [0, 0.05) is 5.56 Å². The monoisotopic (exact) mass is 203 g/mol. The van der Waals surface area contributed by atoms with Crippen molar-refractivity contribution in [2.75, 3.05) is 18.5 Å². The minimum Gasteiger partial charge on any atom is -0.460 e. The van der Waals surface area contributed by atoms with Crippen LogP contribution in [0.5, 0.6) is 0 Å². The SMILES string of the molecule is O=C1C(=C2OCCO2)Nc2ccccc21. The molecule has 4 nitrogen and oxygen atoms in total. The highest BCUT2D eigenvalue weighted by Crippen LogP contribution is 2.30. The second kappa shape index (κ2) is 3.02. The van der Waals surface area contributed by atoms with Crippen molar-refractivity contribution in [2.24, 2.45) is 0 Å². The minimum absolute atomic E-state index is 0.0671. The van der Waals surface area contributed by atoms with E-state index in [0.29, 0.717) is 30.4 Å². The number of carbonyl (C=O) groups excluding carboxylic acids is 1. The number of Topliss-reactive ketones (excluding diaryl/α,β-unsaturated/α-hetero) is 1. The highest BCUT2D eigenvalue weighted by Gasteiger charge is 2.30. The molecule has 0 radical (unpaired) electrons. The smallest absolute Gasteiger partial charge is 0.308 e. The molecule has 1 fully saturated rings. The number of anilines is 1. The molecule has 0 bridgehead atoms. The number of fused-ring (bicyclic) bond motifs is 1. The lowest BCUT2D eigenvalue weighted by Crippen LogP contribution is -2.05. The number of benzene rings is 1. The molecule has 2 aliphatic heterocycles. The van der Waals surface area contributed by atoms with Crippen molar-refractivity contribution in [3.05, 3.63) is 41.5 Å². The average molecular weight is 203 g/mol. The second-order valence-electron chi connectivity index (χ2n) is 3.36. The zero-order valence-electron chi connectivity index (χ0n) is 7.95. The zero-order chi connectivity index (χ0) is 10.3. The van der Waals surface area contributed by atoms with Gasteiger partial charge in [0.2, 0.25) is 5.78 Å². The lowest BCUT2D eigenvalue weighted by molar-refractivity contribution is 0.101.